The molecule has 7 nitrogen and oxygen atoms in total. The van der Waals surface area contributed by atoms with E-state index in [2.05, 4.69) is 22.0 Å². The van der Waals surface area contributed by atoms with Crippen molar-refractivity contribution in [2.24, 2.45) is 0 Å². The van der Waals surface area contributed by atoms with Gasteiger partial charge in [-0.25, -0.2) is 9.67 Å². The quantitative estimate of drug-likeness (QED) is 0.305. The molecule has 2 aromatic carbocycles. The van der Waals surface area contributed by atoms with Crippen LogP contribution < -0.4 is 10.1 Å². The lowest BCUT2D eigenvalue weighted by Crippen LogP contribution is -2.12. The molecule has 0 bridgehead atoms. The highest BCUT2D eigenvalue weighted by atomic mass is 35.5. The van der Waals surface area contributed by atoms with E-state index in [-0.39, 0.29) is 18.3 Å². The normalized spacial score (nSPS) is 10.7. The summed E-state index contributed by atoms with van der Waals surface area (Å²) in [6.45, 7) is 4.33. The standard InChI is InChI=1S/C24H20Cl2N4O3/c1-2-5-16-6-3-4-7-21(16)32-14-19-10-11-22(33-19)23(31)28-24-27-15-30(29-24)13-17-8-9-18(25)12-20(17)26/h2-4,6-12,15H,1,5,13-14H2,(H,28,29,31). The topological polar surface area (TPSA) is 82.2 Å². The Labute approximate surface area is 200 Å². The Hall–Kier alpha value is -3.55. The monoisotopic (exact) mass is 482 g/mol. The Kier molecular flexibility index (Phi) is 7.12. The predicted octanol–water partition coefficient (Wildman–Crippen LogP) is 5.79. The number of rotatable bonds is 9. The summed E-state index contributed by atoms with van der Waals surface area (Å²) in [6, 6.07) is 16.2. The minimum atomic E-state index is -0.462. The average molecular weight is 483 g/mol. The van der Waals surface area contributed by atoms with Crippen molar-refractivity contribution in [3.63, 3.8) is 0 Å². The molecule has 4 aromatic rings. The summed E-state index contributed by atoms with van der Waals surface area (Å²) in [4.78, 5) is 16.6. The van der Waals surface area contributed by atoms with E-state index in [1.165, 1.54) is 6.33 Å². The summed E-state index contributed by atoms with van der Waals surface area (Å²) in [6.07, 6.45) is 4.02. The molecule has 1 N–H and O–H groups in total. The van der Waals surface area contributed by atoms with Gasteiger partial charge in [0.2, 0.25) is 5.95 Å². The summed E-state index contributed by atoms with van der Waals surface area (Å²) in [5, 5.41) is 7.96. The Bertz CT molecular complexity index is 1280. The van der Waals surface area contributed by atoms with E-state index in [0.717, 1.165) is 16.9 Å². The van der Waals surface area contributed by atoms with E-state index in [4.69, 9.17) is 32.4 Å². The number of anilines is 1. The van der Waals surface area contributed by atoms with Crippen LogP contribution in [0.25, 0.3) is 0 Å². The van der Waals surface area contributed by atoms with E-state index < -0.39 is 5.91 Å². The van der Waals surface area contributed by atoms with Crippen LogP contribution in [-0.4, -0.2) is 20.7 Å². The second-order valence-corrected chi connectivity index (χ2v) is 7.95. The number of carbonyl (C=O) groups is 1. The van der Waals surface area contributed by atoms with Crippen LogP contribution in [0.15, 0.2) is 78.0 Å². The number of furan rings is 1. The van der Waals surface area contributed by atoms with Gasteiger partial charge >= 0.3 is 0 Å². The third kappa shape index (κ3) is 5.83. The van der Waals surface area contributed by atoms with Gasteiger partial charge in [-0.3, -0.25) is 10.1 Å². The first-order valence-corrected chi connectivity index (χ1v) is 10.8. The molecule has 4 rings (SSSR count). The first-order valence-electron chi connectivity index (χ1n) is 10.1. The highest BCUT2D eigenvalue weighted by molar-refractivity contribution is 6.35. The van der Waals surface area contributed by atoms with Crippen LogP contribution in [-0.2, 0) is 19.6 Å². The maximum Gasteiger partial charge on any atom is 0.293 e. The summed E-state index contributed by atoms with van der Waals surface area (Å²) in [7, 11) is 0. The summed E-state index contributed by atoms with van der Waals surface area (Å²) < 4.78 is 13.0. The van der Waals surface area contributed by atoms with Crippen molar-refractivity contribution in [2.45, 2.75) is 19.6 Å². The second kappa shape index (κ2) is 10.4. The third-order valence-electron chi connectivity index (χ3n) is 4.70. The molecule has 0 spiro atoms. The molecule has 0 saturated heterocycles. The number of amides is 1. The Balaban J connectivity index is 1.35. The molecule has 0 aliphatic rings. The molecule has 0 fully saturated rings. The number of benzene rings is 2. The van der Waals surface area contributed by atoms with Crippen LogP contribution in [0.5, 0.6) is 5.75 Å². The average Bonchev–Trinajstić information content (AvgIpc) is 3.45. The van der Waals surface area contributed by atoms with Gasteiger partial charge in [-0.2, -0.15) is 0 Å². The van der Waals surface area contributed by atoms with Crippen molar-refractivity contribution in [2.75, 3.05) is 5.32 Å². The van der Waals surface area contributed by atoms with Gasteiger partial charge in [0.05, 0.1) is 6.54 Å². The zero-order valence-electron chi connectivity index (χ0n) is 17.5. The number of ether oxygens (including phenoxy) is 1. The molecule has 2 heterocycles. The van der Waals surface area contributed by atoms with Crippen LogP contribution in [0.4, 0.5) is 5.95 Å². The Morgan fingerprint density at radius 1 is 1.15 bits per heavy atom. The van der Waals surface area contributed by atoms with E-state index in [1.54, 1.807) is 28.9 Å². The van der Waals surface area contributed by atoms with Gasteiger partial charge in [-0.1, -0.05) is 53.5 Å². The van der Waals surface area contributed by atoms with Gasteiger partial charge in [0, 0.05) is 10.0 Å². The van der Waals surface area contributed by atoms with Crippen LogP contribution >= 0.6 is 23.2 Å². The summed E-state index contributed by atoms with van der Waals surface area (Å²) in [5.74, 6) is 1.08. The number of allylic oxidation sites excluding steroid dienone is 1. The molecule has 0 atom stereocenters. The van der Waals surface area contributed by atoms with E-state index in [9.17, 15) is 4.79 Å². The Morgan fingerprint density at radius 3 is 2.82 bits per heavy atom. The minimum absolute atomic E-state index is 0.130. The predicted molar refractivity (Wildman–Crippen MR) is 127 cm³/mol. The van der Waals surface area contributed by atoms with Crippen molar-refractivity contribution in [1.82, 2.24) is 14.8 Å². The van der Waals surface area contributed by atoms with Crippen LogP contribution in [0.1, 0.15) is 27.4 Å². The Morgan fingerprint density at radius 2 is 2.00 bits per heavy atom. The number of aromatic nitrogens is 3. The molecule has 9 heteroatoms. The van der Waals surface area contributed by atoms with Crippen LogP contribution in [0, 0.1) is 0 Å². The molecule has 1 amide bonds. The number of halogens is 2. The number of carbonyl (C=O) groups excluding carboxylic acids is 1. The van der Waals surface area contributed by atoms with Crippen molar-refractivity contribution in [3.8, 4) is 5.75 Å². The molecule has 2 aromatic heterocycles. The van der Waals surface area contributed by atoms with Crippen molar-refractivity contribution in [3.05, 3.63) is 106 Å². The molecular weight excluding hydrogens is 463 g/mol. The van der Waals surface area contributed by atoms with E-state index >= 15 is 0 Å². The highest BCUT2D eigenvalue weighted by Crippen LogP contribution is 2.22. The van der Waals surface area contributed by atoms with Crippen molar-refractivity contribution < 1.29 is 13.9 Å². The lowest BCUT2D eigenvalue weighted by Gasteiger charge is -2.08. The molecule has 0 aliphatic carbocycles. The zero-order valence-corrected chi connectivity index (χ0v) is 19.0. The number of hydrogen-bond acceptors (Lipinski definition) is 5. The maximum atomic E-state index is 12.5. The first-order chi connectivity index (χ1) is 16.0. The van der Waals surface area contributed by atoms with Gasteiger partial charge in [0.15, 0.2) is 5.76 Å². The SMILES string of the molecule is C=CCc1ccccc1OCc1ccc(C(=O)Nc2ncn(Cc3ccc(Cl)cc3Cl)n2)o1. The second-order valence-electron chi connectivity index (χ2n) is 7.11. The molecule has 0 aliphatic heterocycles. The fourth-order valence-electron chi connectivity index (χ4n) is 3.11. The molecule has 0 saturated carbocycles. The van der Waals surface area contributed by atoms with Gasteiger partial charge in [-0.15, -0.1) is 11.7 Å². The van der Waals surface area contributed by atoms with E-state index in [1.807, 2.05) is 36.4 Å². The van der Waals surface area contributed by atoms with Crippen LogP contribution in [0.3, 0.4) is 0 Å². The molecule has 33 heavy (non-hydrogen) atoms. The fourth-order valence-corrected chi connectivity index (χ4v) is 3.58. The smallest absolute Gasteiger partial charge is 0.293 e. The van der Waals surface area contributed by atoms with Crippen molar-refractivity contribution in [1.29, 1.82) is 0 Å². The number of para-hydroxylation sites is 1. The molecule has 0 unspecified atom stereocenters. The largest absolute Gasteiger partial charge is 0.485 e. The molecule has 168 valence electrons. The van der Waals surface area contributed by atoms with Gasteiger partial charge in [-0.05, 0) is 47.9 Å². The number of nitrogens with one attached hydrogen (secondary N) is 1. The zero-order chi connectivity index (χ0) is 23.2. The first kappa shape index (κ1) is 22.6. The summed E-state index contributed by atoms with van der Waals surface area (Å²) >= 11 is 12.1. The van der Waals surface area contributed by atoms with Gasteiger partial charge < -0.3 is 9.15 Å². The van der Waals surface area contributed by atoms with Gasteiger partial charge in [0.25, 0.3) is 5.91 Å². The van der Waals surface area contributed by atoms with Gasteiger partial charge in [0.1, 0.15) is 24.4 Å². The van der Waals surface area contributed by atoms with E-state index in [0.29, 0.717) is 28.8 Å². The van der Waals surface area contributed by atoms with Crippen LogP contribution in [0.2, 0.25) is 10.0 Å². The number of hydrogen-bond donors (Lipinski definition) is 1. The third-order valence-corrected chi connectivity index (χ3v) is 5.29. The number of nitrogens with zero attached hydrogens (tertiary/aromatic N) is 3. The molecular formula is C24H20Cl2N4O3. The van der Waals surface area contributed by atoms with Crippen molar-refractivity contribution >= 4 is 35.1 Å². The lowest BCUT2D eigenvalue weighted by molar-refractivity contribution is 0.0991. The molecule has 0 radical (unpaired) electrons. The summed E-state index contributed by atoms with van der Waals surface area (Å²) in [5.41, 5.74) is 1.85. The fraction of sp³-hybridized carbons (Fsp3) is 0.125. The minimum Gasteiger partial charge on any atom is -0.485 e. The maximum absolute atomic E-state index is 12.5. The highest BCUT2D eigenvalue weighted by Gasteiger charge is 2.15. The lowest BCUT2D eigenvalue weighted by atomic mass is 10.1.